The molecule has 0 unspecified atom stereocenters. The minimum atomic E-state index is 0.704. The number of hydrogen-bond donors (Lipinski definition) is 0. The molecule has 3 spiro atoms. The molecular formula is C48H30N3S12+3. The van der Waals surface area contributed by atoms with Crippen LogP contribution in [-0.4, -0.2) is 6.31 Å². The second-order valence-electron chi connectivity index (χ2n) is 14.6. The number of quaternary nitrogens is 3. The minimum Gasteiger partial charge on any atom is -0.0622 e. The molecule has 0 saturated heterocycles. The lowest BCUT2D eigenvalue weighted by Crippen LogP contribution is -2.08. The normalized spacial score (nSPS) is 19.8. The Bertz CT molecular complexity index is 2510. The molecule has 7 aromatic rings. The van der Waals surface area contributed by atoms with Crippen LogP contribution >= 0.6 is 143 Å². The van der Waals surface area contributed by atoms with Gasteiger partial charge in [0.1, 0.15) is 29.4 Å². The summed E-state index contributed by atoms with van der Waals surface area (Å²) in [6.07, 6.45) is 0. The maximum atomic E-state index is 2.27. The molecule has 6 aliphatic rings. The third-order valence-corrected chi connectivity index (χ3v) is 29.7. The Morgan fingerprint density at radius 3 is 0.460 bits per heavy atom. The van der Waals surface area contributed by atoms with Crippen LogP contribution in [0.3, 0.4) is 0 Å². The summed E-state index contributed by atoms with van der Waals surface area (Å²) in [5.41, 5.74) is 7.64. The Labute approximate surface area is 419 Å². The van der Waals surface area contributed by atoms with Gasteiger partial charge in [-0.3, -0.25) is 0 Å². The Hall–Kier alpha value is -2.16. The van der Waals surface area contributed by atoms with Crippen molar-refractivity contribution in [3.63, 3.8) is 0 Å². The first-order valence-corrected chi connectivity index (χ1v) is 29.1. The smallest absolute Gasteiger partial charge is 0.0622 e. The molecule has 0 atom stereocenters. The highest BCUT2D eigenvalue weighted by atomic mass is 32.4. The first-order valence-electron chi connectivity index (χ1n) is 19.9. The molecule has 0 radical (unpaired) electrons. The largest absolute Gasteiger partial charge is 0.155 e. The highest BCUT2D eigenvalue weighted by molar-refractivity contribution is 8.39. The van der Waals surface area contributed by atoms with Crippen LogP contribution in [0.1, 0.15) is 33.4 Å². The highest BCUT2D eigenvalue weighted by Crippen LogP contribution is 2.84. The number of rotatable bonds is 6. The maximum Gasteiger partial charge on any atom is 0.155 e. The zero-order valence-electron chi connectivity index (χ0n) is 32.6. The summed E-state index contributed by atoms with van der Waals surface area (Å²) in [6.45, 7) is 0. The van der Waals surface area contributed by atoms with Gasteiger partial charge in [-0.25, -0.2) is 0 Å². The standard InChI is InChI=1S/C48H30N3S12/c1-7-19-31(20-8-1)37-38(32-21-9-2-10-22-32)53-49(52-37)58-43-44(59-49)46-48(63-51(61-46)56-41(35-27-15-5-16-28-35)42(57-51)36-29-17-6-18-30-36)47-45(43)60-50(62-47)54-39(33-23-11-3-12-24-33)40(55-50)34-25-13-4-14-26-34/h1-30H/q+3. The van der Waals surface area contributed by atoms with Gasteiger partial charge in [-0.1, -0.05) is 188 Å². The summed E-state index contributed by atoms with van der Waals surface area (Å²) in [5, 5.41) is 0. The van der Waals surface area contributed by atoms with Crippen molar-refractivity contribution < 1.29 is 6.31 Å². The van der Waals surface area contributed by atoms with Gasteiger partial charge < -0.3 is 0 Å². The molecule has 63 heavy (non-hydrogen) atoms. The minimum absolute atomic E-state index is 0.704. The predicted octanol–water partition coefficient (Wildman–Crippen LogP) is 18.7. The number of nitrogens with zero attached hydrogens (tertiary/aromatic N) is 3. The fourth-order valence-electron chi connectivity index (χ4n) is 7.68. The molecule has 0 aliphatic carbocycles. The molecule has 6 heterocycles. The summed E-state index contributed by atoms with van der Waals surface area (Å²) >= 11 is 24.1. The summed E-state index contributed by atoms with van der Waals surface area (Å²) in [7, 11) is 0. The fourth-order valence-corrected chi connectivity index (χ4v) is 28.4. The van der Waals surface area contributed by atoms with Gasteiger partial charge in [-0.2, -0.15) is 0 Å². The van der Waals surface area contributed by atoms with Gasteiger partial charge in [0, 0.05) is 0 Å². The van der Waals surface area contributed by atoms with Crippen molar-refractivity contribution in [2.45, 2.75) is 29.4 Å². The van der Waals surface area contributed by atoms with E-state index in [0.29, 0.717) is 6.31 Å². The molecule has 6 aliphatic heterocycles. The van der Waals surface area contributed by atoms with Gasteiger partial charge in [0.05, 0.1) is 29.4 Å². The third kappa shape index (κ3) is 7.28. The van der Waals surface area contributed by atoms with Crippen LogP contribution in [0.15, 0.2) is 211 Å². The van der Waals surface area contributed by atoms with E-state index in [1.54, 1.807) is 0 Å². The lowest BCUT2D eigenvalue weighted by molar-refractivity contribution is -0.266. The van der Waals surface area contributed by atoms with Crippen LogP contribution in [0.25, 0.3) is 29.4 Å². The van der Waals surface area contributed by atoms with E-state index < -0.39 is 0 Å². The Kier molecular flexibility index (Phi) is 10.8. The Morgan fingerprint density at radius 2 is 0.317 bits per heavy atom. The average Bonchev–Trinajstić information content (AvgIpc) is 4.22. The summed E-state index contributed by atoms with van der Waals surface area (Å²) in [4.78, 5) is 16.6. The monoisotopic (exact) mass is 1030 g/mol. The molecule has 0 aromatic heterocycles. The van der Waals surface area contributed by atoms with Gasteiger partial charge in [0.15, 0.2) is 143 Å². The van der Waals surface area contributed by atoms with Crippen molar-refractivity contribution in [2.24, 2.45) is 0 Å². The van der Waals surface area contributed by atoms with Crippen LogP contribution in [0.2, 0.25) is 0 Å². The SMILES string of the molecule is c1ccc(C2=C(c3ccccc3)S[N+]3(S2)Sc2c4c(c5c(c2S3)S[N+]2(SC(c3ccccc3)=C(c3ccccc3)S2)S5)S[N+]2(SC(c3ccccc3)=C(c3ccccc3)S2)S4)cc1. The zero-order chi connectivity index (χ0) is 41.6. The van der Waals surface area contributed by atoms with Crippen molar-refractivity contribution in [2.75, 3.05) is 0 Å². The molecule has 0 N–H and O–H groups in total. The second kappa shape index (κ2) is 16.6. The van der Waals surface area contributed by atoms with Gasteiger partial charge >= 0.3 is 0 Å². The van der Waals surface area contributed by atoms with E-state index in [2.05, 4.69) is 182 Å². The van der Waals surface area contributed by atoms with E-state index in [1.807, 2.05) is 143 Å². The van der Waals surface area contributed by atoms with Gasteiger partial charge in [0.25, 0.3) is 0 Å². The zero-order valence-corrected chi connectivity index (χ0v) is 42.4. The Morgan fingerprint density at radius 1 is 0.175 bits per heavy atom. The van der Waals surface area contributed by atoms with Crippen molar-refractivity contribution in [1.29, 1.82) is 0 Å². The molecule has 0 amide bonds. The van der Waals surface area contributed by atoms with E-state index >= 15 is 0 Å². The van der Waals surface area contributed by atoms with E-state index in [-0.39, 0.29) is 0 Å². The molecule has 0 saturated carbocycles. The van der Waals surface area contributed by atoms with E-state index in [1.165, 1.54) is 92.2 Å². The van der Waals surface area contributed by atoms with Gasteiger partial charge in [0.2, 0.25) is 0 Å². The number of benzene rings is 7. The molecule has 15 heteroatoms. The van der Waals surface area contributed by atoms with E-state index in [0.717, 1.165) is 0 Å². The molecule has 3 nitrogen and oxygen atoms in total. The molecule has 0 fully saturated rings. The van der Waals surface area contributed by atoms with Gasteiger partial charge in [-0.05, 0) is 33.4 Å². The van der Waals surface area contributed by atoms with Crippen molar-refractivity contribution >= 4 is 173 Å². The van der Waals surface area contributed by atoms with Gasteiger partial charge in [-0.15, -0.1) is 0 Å². The van der Waals surface area contributed by atoms with Crippen molar-refractivity contribution in [3.05, 3.63) is 215 Å². The Balaban J connectivity index is 0.930. The fraction of sp³-hybridized carbons (Fsp3) is 0. The summed E-state index contributed by atoms with van der Waals surface area (Å²) in [6, 6.07) is 66.1. The van der Waals surface area contributed by atoms with Crippen LogP contribution < -0.4 is 0 Å². The molecule has 13 rings (SSSR count). The maximum absolute atomic E-state index is 2.27. The predicted molar refractivity (Wildman–Crippen MR) is 287 cm³/mol. The highest BCUT2D eigenvalue weighted by Gasteiger charge is 2.65. The molecule has 0 bridgehead atoms. The number of fused-ring (bicyclic) bond motifs is 6. The summed E-state index contributed by atoms with van der Waals surface area (Å²) < 4.78 is 2.11. The first-order chi connectivity index (χ1) is 31.0. The topological polar surface area (TPSA) is 0 Å². The third-order valence-electron chi connectivity index (χ3n) is 10.5. The number of hydrogen-bond acceptors (Lipinski definition) is 12. The van der Waals surface area contributed by atoms with Crippen LogP contribution in [0.5, 0.6) is 0 Å². The lowest BCUT2D eigenvalue weighted by atomic mass is 10.1. The van der Waals surface area contributed by atoms with E-state index in [9.17, 15) is 0 Å². The van der Waals surface area contributed by atoms with Crippen LogP contribution in [0, 0.1) is 0 Å². The first kappa shape index (κ1) is 41.1. The quantitative estimate of drug-likeness (QED) is 0.115. The van der Waals surface area contributed by atoms with Crippen molar-refractivity contribution in [1.82, 2.24) is 0 Å². The van der Waals surface area contributed by atoms with Crippen molar-refractivity contribution in [3.8, 4) is 0 Å². The van der Waals surface area contributed by atoms with Crippen LogP contribution in [-0.2, 0) is 0 Å². The molecule has 306 valence electrons. The second-order valence-corrected chi connectivity index (χ2v) is 32.4. The van der Waals surface area contributed by atoms with Crippen LogP contribution in [0.4, 0.5) is 0 Å². The molecular weight excluding hydrogens is 1000 g/mol. The lowest BCUT2D eigenvalue weighted by Gasteiger charge is -2.17. The molecule has 7 aromatic carbocycles. The van der Waals surface area contributed by atoms with E-state index in [4.69, 9.17) is 0 Å². The average molecular weight is 1030 g/mol. The summed E-state index contributed by atoms with van der Waals surface area (Å²) in [5.74, 6) is 0.